The minimum Gasteiger partial charge on any atom is -0.461 e. The van der Waals surface area contributed by atoms with Crippen molar-refractivity contribution in [3.8, 4) is 0 Å². The molecule has 0 unspecified atom stereocenters. The number of anilines is 1. The minimum atomic E-state index is -0.287. The molecule has 2 aliphatic carbocycles. The van der Waals surface area contributed by atoms with Crippen molar-refractivity contribution < 1.29 is 14.3 Å². The van der Waals surface area contributed by atoms with E-state index in [0.29, 0.717) is 5.13 Å². The number of hydrogen-bond donors (Lipinski definition) is 1. The van der Waals surface area contributed by atoms with Crippen molar-refractivity contribution in [2.75, 3.05) is 5.32 Å². The van der Waals surface area contributed by atoms with Crippen LogP contribution in [0.5, 0.6) is 0 Å². The first-order valence-electron chi connectivity index (χ1n) is 6.22. The molecule has 3 aliphatic rings. The molecule has 4 rings (SSSR count). The molecule has 6 atom stereocenters. The molecule has 1 aromatic rings. The number of esters is 1. The number of halogens is 1. The Morgan fingerprint density at radius 2 is 2.37 bits per heavy atom. The maximum absolute atomic E-state index is 12.4. The van der Waals surface area contributed by atoms with Gasteiger partial charge >= 0.3 is 5.97 Å². The summed E-state index contributed by atoms with van der Waals surface area (Å²) in [4.78, 5) is 28.5. The Balaban J connectivity index is 1.61. The van der Waals surface area contributed by atoms with E-state index in [9.17, 15) is 9.59 Å². The van der Waals surface area contributed by atoms with E-state index in [0.717, 1.165) is 6.42 Å². The van der Waals surface area contributed by atoms with E-state index in [1.807, 2.05) is 5.38 Å². The number of nitrogens with zero attached hydrogens (tertiary/aromatic N) is 1. The third-order valence-electron chi connectivity index (χ3n) is 4.49. The lowest BCUT2D eigenvalue weighted by Crippen LogP contribution is -2.40. The van der Waals surface area contributed by atoms with Gasteiger partial charge in [0, 0.05) is 17.5 Å². The smallest absolute Gasteiger partial charge is 0.310 e. The molecular weight excluding hydrogens is 332 g/mol. The molecule has 5 nitrogen and oxygen atoms in total. The third kappa shape index (κ3) is 1.54. The van der Waals surface area contributed by atoms with Gasteiger partial charge in [0.15, 0.2) is 5.13 Å². The Morgan fingerprint density at radius 1 is 1.53 bits per heavy atom. The summed E-state index contributed by atoms with van der Waals surface area (Å²) in [6, 6.07) is 0. The lowest BCUT2D eigenvalue weighted by Gasteiger charge is -2.27. The number of carbonyl (C=O) groups excluding carboxylic acids is 2. The number of alkyl halides is 1. The maximum atomic E-state index is 12.4. The summed E-state index contributed by atoms with van der Waals surface area (Å²) in [7, 11) is 0. The van der Waals surface area contributed by atoms with Gasteiger partial charge in [0.05, 0.1) is 16.7 Å². The first-order valence-corrected chi connectivity index (χ1v) is 8.01. The largest absolute Gasteiger partial charge is 0.461 e. The molecule has 2 saturated carbocycles. The summed E-state index contributed by atoms with van der Waals surface area (Å²) in [6.45, 7) is 0. The number of rotatable bonds is 2. The van der Waals surface area contributed by atoms with E-state index in [-0.39, 0.29) is 46.5 Å². The van der Waals surface area contributed by atoms with Crippen LogP contribution in [-0.4, -0.2) is 27.8 Å². The zero-order valence-electron chi connectivity index (χ0n) is 9.78. The Labute approximate surface area is 121 Å². The fraction of sp³-hybridized carbons (Fsp3) is 0.583. The third-order valence-corrected chi connectivity index (χ3v) is 6.38. The van der Waals surface area contributed by atoms with Crippen LogP contribution in [0.15, 0.2) is 11.6 Å². The van der Waals surface area contributed by atoms with Gasteiger partial charge in [-0.05, 0) is 12.3 Å². The van der Waals surface area contributed by atoms with Crippen LogP contribution in [0.4, 0.5) is 5.13 Å². The quantitative estimate of drug-likeness (QED) is 0.655. The minimum absolute atomic E-state index is 0.0357. The van der Waals surface area contributed by atoms with E-state index in [1.165, 1.54) is 11.3 Å². The second-order valence-corrected chi connectivity index (χ2v) is 7.24. The summed E-state index contributed by atoms with van der Waals surface area (Å²) in [5.41, 5.74) is 0. The molecule has 1 aliphatic heterocycles. The zero-order valence-corrected chi connectivity index (χ0v) is 12.2. The van der Waals surface area contributed by atoms with Crippen LogP contribution in [0, 0.1) is 23.7 Å². The summed E-state index contributed by atoms with van der Waals surface area (Å²) < 4.78 is 5.39. The normalized spacial score (nSPS) is 42.5. The number of carbonyl (C=O) groups is 2. The molecule has 1 amide bonds. The van der Waals surface area contributed by atoms with Crippen LogP contribution in [0.1, 0.15) is 6.42 Å². The Bertz CT molecular complexity index is 549. The number of hydrogen-bond acceptors (Lipinski definition) is 5. The SMILES string of the molecule is O=C(Nc1nccs1)[C@@H]1[C@H]2C[C@H]3[C@H](OC(=O)[C@@H]31)[C@@H]2Br. The molecule has 19 heavy (non-hydrogen) atoms. The predicted molar refractivity (Wildman–Crippen MR) is 71.9 cm³/mol. The lowest BCUT2D eigenvalue weighted by atomic mass is 9.79. The van der Waals surface area contributed by atoms with E-state index in [1.54, 1.807) is 6.20 Å². The Morgan fingerprint density at radius 3 is 3.11 bits per heavy atom. The summed E-state index contributed by atoms with van der Waals surface area (Å²) in [5, 5.41) is 5.21. The van der Waals surface area contributed by atoms with E-state index < -0.39 is 0 Å². The highest BCUT2D eigenvalue weighted by atomic mass is 79.9. The van der Waals surface area contributed by atoms with Gasteiger partial charge < -0.3 is 10.1 Å². The van der Waals surface area contributed by atoms with Crippen LogP contribution >= 0.6 is 27.3 Å². The molecule has 0 spiro atoms. The molecule has 2 heterocycles. The van der Waals surface area contributed by atoms with Crippen LogP contribution in [-0.2, 0) is 14.3 Å². The molecule has 1 saturated heterocycles. The highest BCUT2D eigenvalue weighted by Gasteiger charge is 2.67. The zero-order chi connectivity index (χ0) is 13.1. The van der Waals surface area contributed by atoms with Crippen molar-refractivity contribution in [2.45, 2.75) is 17.4 Å². The highest BCUT2D eigenvalue weighted by molar-refractivity contribution is 9.09. The van der Waals surface area contributed by atoms with Crippen molar-refractivity contribution in [1.29, 1.82) is 0 Å². The molecule has 100 valence electrons. The van der Waals surface area contributed by atoms with Crippen LogP contribution in [0.3, 0.4) is 0 Å². The Kier molecular flexibility index (Phi) is 2.51. The van der Waals surface area contributed by atoms with Gasteiger partial charge in [-0.3, -0.25) is 9.59 Å². The average molecular weight is 343 g/mol. The van der Waals surface area contributed by atoms with Crippen molar-refractivity contribution >= 4 is 44.3 Å². The fourth-order valence-electron chi connectivity index (χ4n) is 3.80. The Hall–Kier alpha value is -0.950. The maximum Gasteiger partial charge on any atom is 0.310 e. The molecule has 7 heteroatoms. The molecule has 0 radical (unpaired) electrons. The highest BCUT2D eigenvalue weighted by Crippen LogP contribution is 2.60. The number of nitrogens with one attached hydrogen (secondary N) is 1. The van der Waals surface area contributed by atoms with Gasteiger partial charge in [0.2, 0.25) is 5.91 Å². The van der Waals surface area contributed by atoms with E-state index in [2.05, 4.69) is 26.2 Å². The monoisotopic (exact) mass is 342 g/mol. The van der Waals surface area contributed by atoms with Gasteiger partial charge in [-0.1, -0.05) is 15.9 Å². The van der Waals surface area contributed by atoms with Crippen molar-refractivity contribution in [2.24, 2.45) is 23.7 Å². The number of fused-ring (bicyclic) bond motifs is 1. The average Bonchev–Trinajstić information content (AvgIpc) is 3.07. The first kappa shape index (κ1) is 11.8. The molecular formula is C12H11BrN2O3S. The molecule has 1 aromatic heterocycles. The molecule has 0 aromatic carbocycles. The standard InChI is InChI=1S/C12H11BrN2O3S/c13-8-4-3-5-7(11(17)18-9(5)8)6(4)10(16)15-12-14-1-2-19-12/h1-2,4-9H,3H2,(H,14,15,16)/t4-,5-,6-,7+,8-,9+/m1/s1. The van der Waals surface area contributed by atoms with Crippen molar-refractivity contribution in [3.05, 3.63) is 11.6 Å². The number of aromatic nitrogens is 1. The van der Waals surface area contributed by atoms with Gasteiger partial charge in [-0.25, -0.2) is 4.98 Å². The van der Waals surface area contributed by atoms with E-state index >= 15 is 0 Å². The van der Waals surface area contributed by atoms with Crippen LogP contribution < -0.4 is 5.32 Å². The lowest BCUT2D eigenvalue weighted by molar-refractivity contribution is -0.145. The first-order chi connectivity index (χ1) is 9.16. The number of ether oxygens (including phenoxy) is 1. The summed E-state index contributed by atoms with van der Waals surface area (Å²) >= 11 is 4.97. The topological polar surface area (TPSA) is 68.3 Å². The van der Waals surface area contributed by atoms with Gasteiger partial charge in [0.1, 0.15) is 6.10 Å². The van der Waals surface area contributed by atoms with Gasteiger partial charge in [-0.2, -0.15) is 0 Å². The molecule has 2 bridgehead atoms. The molecule has 1 N–H and O–H groups in total. The second kappa shape index (κ2) is 4.02. The number of amides is 1. The number of thiazole rings is 1. The van der Waals surface area contributed by atoms with Crippen LogP contribution in [0.2, 0.25) is 0 Å². The van der Waals surface area contributed by atoms with E-state index in [4.69, 9.17) is 4.74 Å². The predicted octanol–water partition coefficient (Wildman–Crippen LogP) is 1.65. The van der Waals surface area contributed by atoms with Gasteiger partial charge in [0.25, 0.3) is 0 Å². The van der Waals surface area contributed by atoms with Crippen LogP contribution in [0.25, 0.3) is 0 Å². The second-order valence-electron chi connectivity index (χ2n) is 5.29. The van der Waals surface area contributed by atoms with Crippen molar-refractivity contribution in [1.82, 2.24) is 4.98 Å². The van der Waals surface area contributed by atoms with Crippen molar-refractivity contribution in [3.63, 3.8) is 0 Å². The van der Waals surface area contributed by atoms with Gasteiger partial charge in [-0.15, -0.1) is 11.3 Å². The summed E-state index contributed by atoms with van der Waals surface area (Å²) in [5.74, 6) is -0.471. The molecule has 3 fully saturated rings. The summed E-state index contributed by atoms with van der Waals surface area (Å²) in [6.07, 6.45) is 2.51. The fourth-order valence-corrected chi connectivity index (χ4v) is 5.38.